The number of halogens is 1. The molecule has 0 amide bonds. The van der Waals surface area contributed by atoms with E-state index in [1.54, 1.807) is 36.4 Å². The minimum atomic E-state index is -3.51. The lowest BCUT2D eigenvalue weighted by Crippen LogP contribution is -2.15. The van der Waals surface area contributed by atoms with Crippen LogP contribution in [-0.4, -0.2) is 13.4 Å². The van der Waals surface area contributed by atoms with Gasteiger partial charge in [-0.3, -0.25) is 4.72 Å². The number of hydrogen-bond donors (Lipinski definition) is 1. The number of sulfonamides is 1. The van der Waals surface area contributed by atoms with Crippen molar-refractivity contribution in [3.8, 4) is 6.07 Å². The second-order valence-corrected chi connectivity index (χ2v) is 6.57. The first-order valence-electron chi connectivity index (χ1n) is 5.59. The van der Waals surface area contributed by atoms with Gasteiger partial charge in [0.15, 0.2) is 0 Å². The molecule has 0 unspecified atom stereocenters. The SMILES string of the molecule is N#Cc1ccc(CS(=O)(=O)Nc2ccc(Br)nc2)cc1. The third-order valence-corrected chi connectivity index (χ3v) is 4.17. The highest BCUT2D eigenvalue weighted by molar-refractivity contribution is 9.10. The largest absolute Gasteiger partial charge is 0.282 e. The first kappa shape index (κ1) is 14.5. The second kappa shape index (κ2) is 6.03. The second-order valence-electron chi connectivity index (χ2n) is 4.04. The first-order valence-corrected chi connectivity index (χ1v) is 8.04. The lowest BCUT2D eigenvalue weighted by atomic mass is 10.2. The number of rotatable bonds is 4. The number of nitrogens with zero attached hydrogens (tertiary/aromatic N) is 2. The summed E-state index contributed by atoms with van der Waals surface area (Å²) in [7, 11) is -3.51. The van der Waals surface area contributed by atoms with Gasteiger partial charge in [-0.05, 0) is 45.8 Å². The number of nitriles is 1. The molecule has 7 heteroatoms. The van der Waals surface area contributed by atoms with Crippen LogP contribution in [0, 0.1) is 11.3 Å². The Bertz CT molecular complexity index is 735. The van der Waals surface area contributed by atoms with Gasteiger partial charge < -0.3 is 0 Å². The van der Waals surface area contributed by atoms with Crippen LogP contribution in [0.2, 0.25) is 0 Å². The summed E-state index contributed by atoms with van der Waals surface area (Å²) >= 11 is 3.18. The number of nitrogens with one attached hydrogen (secondary N) is 1. The quantitative estimate of drug-likeness (QED) is 0.858. The van der Waals surface area contributed by atoms with Gasteiger partial charge in [-0.1, -0.05) is 12.1 Å². The molecular formula is C13H10BrN3O2S. The minimum Gasteiger partial charge on any atom is -0.282 e. The van der Waals surface area contributed by atoms with Crippen LogP contribution in [0.15, 0.2) is 47.2 Å². The van der Waals surface area contributed by atoms with E-state index in [-0.39, 0.29) is 5.75 Å². The van der Waals surface area contributed by atoms with E-state index in [0.29, 0.717) is 21.4 Å². The van der Waals surface area contributed by atoms with Gasteiger partial charge in [-0.15, -0.1) is 0 Å². The Balaban J connectivity index is 2.10. The average molecular weight is 352 g/mol. The molecule has 1 heterocycles. The normalized spacial score (nSPS) is 10.8. The van der Waals surface area contributed by atoms with E-state index in [0.717, 1.165) is 0 Å². The molecule has 1 aromatic heterocycles. The van der Waals surface area contributed by atoms with Crippen LogP contribution in [0.5, 0.6) is 0 Å². The molecule has 1 aromatic carbocycles. The Labute approximate surface area is 125 Å². The monoisotopic (exact) mass is 351 g/mol. The molecule has 0 fully saturated rings. The summed E-state index contributed by atoms with van der Waals surface area (Å²) in [4.78, 5) is 3.95. The molecule has 0 atom stereocenters. The third kappa shape index (κ3) is 4.05. The molecule has 0 saturated heterocycles. The molecule has 0 saturated carbocycles. The van der Waals surface area contributed by atoms with Crippen molar-refractivity contribution in [3.05, 3.63) is 58.3 Å². The topological polar surface area (TPSA) is 82.8 Å². The molecule has 0 bridgehead atoms. The van der Waals surface area contributed by atoms with Crippen molar-refractivity contribution in [2.24, 2.45) is 0 Å². The smallest absolute Gasteiger partial charge is 0.236 e. The van der Waals surface area contributed by atoms with Gasteiger partial charge in [0, 0.05) is 0 Å². The maximum Gasteiger partial charge on any atom is 0.236 e. The summed E-state index contributed by atoms with van der Waals surface area (Å²) < 4.78 is 27.1. The van der Waals surface area contributed by atoms with Crippen molar-refractivity contribution < 1.29 is 8.42 Å². The van der Waals surface area contributed by atoms with Crippen LogP contribution in [0.3, 0.4) is 0 Å². The highest BCUT2D eigenvalue weighted by Crippen LogP contribution is 2.14. The van der Waals surface area contributed by atoms with Gasteiger partial charge in [0.2, 0.25) is 10.0 Å². The number of pyridine rings is 1. The van der Waals surface area contributed by atoms with E-state index in [1.165, 1.54) is 6.20 Å². The fraction of sp³-hybridized carbons (Fsp3) is 0.0769. The Morgan fingerprint density at radius 2 is 1.90 bits per heavy atom. The third-order valence-electron chi connectivity index (χ3n) is 2.44. The van der Waals surface area contributed by atoms with E-state index in [2.05, 4.69) is 25.6 Å². The Hall–Kier alpha value is -1.91. The Kier molecular flexibility index (Phi) is 4.37. The van der Waals surface area contributed by atoms with Crippen LogP contribution in [-0.2, 0) is 15.8 Å². The van der Waals surface area contributed by atoms with Gasteiger partial charge in [-0.25, -0.2) is 13.4 Å². The van der Waals surface area contributed by atoms with Crippen molar-refractivity contribution in [2.75, 3.05) is 4.72 Å². The summed E-state index contributed by atoms with van der Waals surface area (Å²) in [6, 6.07) is 11.7. The molecule has 0 aliphatic carbocycles. The average Bonchev–Trinajstić information content (AvgIpc) is 2.41. The predicted octanol–water partition coefficient (Wildman–Crippen LogP) is 2.66. The van der Waals surface area contributed by atoms with Crippen LogP contribution >= 0.6 is 15.9 Å². The highest BCUT2D eigenvalue weighted by Gasteiger charge is 2.12. The molecular weight excluding hydrogens is 342 g/mol. The molecule has 2 rings (SSSR count). The van der Waals surface area contributed by atoms with Crippen molar-refractivity contribution in [3.63, 3.8) is 0 Å². The maximum absolute atomic E-state index is 12.0. The summed E-state index contributed by atoms with van der Waals surface area (Å²) in [6.07, 6.45) is 1.43. The zero-order chi connectivity index (χ0) is 14.6. The molecule has 0 aliphatic rings. The molecule has 0 aliphatic heterocycles. The lowest BCUT2D eigenvalue weighted by molar-refractivity contribution is 0.600. The van der Waals surface area contributed by atoms with Gasteiger partial charge in [0.1, 0.15) is 4.60 Å². The van der Waals surface area contributed by atoms with Crippen molar-refractivity contribution in [2.45, 2.75) is 5.75 Å². The Morgan fingerprint density at radius 3 is 2.45 bits per heavy atom. The fourth-order valence-electron chi connectivity index (χ4n) is 1.55. The summed E-state index contributed by atoms with van der Waals surface area (Å²) in [5.74, 6) is -0.158. The zero-order valence-electron chi connectivity index (χ0n) is 10.2. The standard InChI is InChI=1S/C13H10BrN3O2S/c14-13-6-5-12(8-16-13)17-20(18,19)9-11-3-1-10(7-15)2-4-11/h1-6,8,17H,9H2. The van der Waals surface area contributed by atoms with E-state index in [1.807, 2.05) is 6.07 Å². The lowest BCUT2D eigenvalue weighted by Gasteiger charge is -2.07. The van der Waals surface area contributed by atoms with Crippen molar-refractivity contribution >= 4 is 31.6 Å². The summed E-state index contributed by atoms with van der Waals surface area (Å²) in [5, 5.41) is 8.69. The fourth-order valence-corrected chi connectivity index (χ4v) is 2.96. The number of aromatic nitrogens is 1. The summed E-state index contributed by atoms with van der Waals surface area (Å²) in [5.41, 5.74) is 1.51. The highest BCUT2D eigenvalue weighted by atomic mass is 79.9. The summed E-state index contributed by atoms with van der Waals surface area (Å²) in [6.45, 7) is 0. The molecule has 20 heavy (non-hydrogen) atoms. The van der Waals surface area contributed by atoms with Crippen LogP contribution in [0.1, 0.15) is 11.1 Å². The van der Waals surface area contributed by atoms with Crippen LogP contribution in [0.25, 0.3) is 0 Å². The maximum atomic E-state index is 12.0. The van der Waals surface area contributed by atoms with E-state index < -0.39 is 10.0 Å². The zero-order valence-corrected chi connectivity index (χ0v) is 12.6. The molecule has 1 N–H and O–H groups in total. The van der Waals surface area contributed by atoms with E-state index >= 15 is 0 Å². The van der Waals surface area contributed by atoms with Crippen molar-refractivity contribution in [1.29, 1.82) is 5.26 Å². The number of hydrogen-bond acceptors (Lipinski definition) is 4. The minimum absolute atomic E-state index is 0.158. The molecule has 0 spiro atoms. The first-order chi connectivity index (χ1) is 9.48. The Morgan fingerprint density at radius 1 is 1.20 bits per heavy atom. The molecule has 2 aromatic rings. The molecule has 5 nitrogen and oxygen atoms in total. The van der Waals surface area contributed by atoms with Gasteiger partial charge >= 0.3 is 0 Å². The van der Waals surface area contributed by atoms with Crippen LogP contribution in [0.4, 0.5) is 5.69 Å². The van der Waals surface area contributed by atoms with Gasteiger partial charge in [-0.2, -0.15) is 5.26 Å². The number of benzene rings is 1. The van der Waals surface area contributed by atoms with E-state index in [9.17, 15) is 8.42 Å². The van der Waals surface area contributed by atoms with Crippen molar-refractivity contribution in [1.82, 2.24) is 4.98 Å². The van der Waals surface area contributed by atoms with E-state index in [4.69, 9.17) is 5.26 Å². The predicted molar refractivity (Wildman–Crippen MR) is 79.3 cm³/mol. The van der Waals surface area contributed by atoms with Crippen LogP contribution < -0.4 is 4.72 Å². The molecule has 102 valence electrons. The van der Waals surface area contributed by atoms with Gasteiger partial charge in [0.05, 0.1) is 29.3 Å². The van der Waals surface area contributed by atoms with Gasteiger partial charge in [0.25, 0.3) is 0 Å². The number of anilines is 1. The molecule has 0 radical (unpaired) electrons.